The van der Waals surface area contributed by atoms with Crippen LogP contribution in [0, 0.1) is 0 Å². The summed E-state index contributed by atoms with van der Waals surface area (Å²) in [5.41, 5.74) is 0. The van der Waals surface area contributed by atoms with E-state index in [2.05, 4.69) is 23.6 Å². The Morgan fingerprint density at radius 1 is 1.47 bits per heavy atom. The minimum atomic E-state index is 0.0439. The van der Waals surface area contributed by atoms with Crippen LogP contribution in [0.5, 0.6) is 0 Å². The average Bonchev–Trinajstić information content (AvgIpc) is 2.77. The average molecular weight is 238 g/mol. The molecule has 0 aliphatic carbocycles. The van der Waals surface area contributed by atoms with Crippen LogP contribution in [0.2, 0.25) is 0 Å². The number of likely N-dealkylation sites (N-methyl/N-ethyl adjacent to an activating group) is 2. The number of ketones is 1. The van der Waals surface area contributed by atoms with Gasteiger partial charge in [0.15, 0.2) is 5.76 Å². The molecule has 0 bridgehead atoms. The van der Waals surface area contributed by atoms with E-state index in [1.54, 1.807) is 12.1 Å². The molecule has 1 unspecified atom stereocenters. The molecule has 1 atom stereocenters. The molecule has 0 saturated heterocycles. The lowest BCUT2D eigenvalue weighted by atomic mass is 10.2. The lowest BCUT2D eigenvalue weighted by Gasteiger charge is -2.28. The summed E-state index contributed by atoms with van der Waals surface area (Å²) in [6.07, 6.45) is 1.53. The fourth-order valence-electron chi connectivity index (χ4n) is 1.92. The molecule has 0 aliphatic heterocycles. The van der Waals surface area contributed by atoms with Gasteiger partial charge in [-0.15, -0.1) is 0 Å². The van der Waals surface area contributed by atoms with E-state index in [0.717, 1.165) is 13.1 Å². The maximum absolute atomic E-state index is 11.9. The van der Waals surface area contributed by atoms with Crippen LogP contribution in [0.15, 0.2) is 22.8 Å². The first-order chi connectivity index (χ1) is 8.04. The zero-order valence-electron chi connectivity index (χ0n) is 11.1. The predicted molar refractivity (Wildman–Crippen MR) is 68.3 cm³/mol. The highest BCUT2D eigenvalue weighted by Gasteiger charge is 2.18. The second-order valence-corrected chi connectivity index (χ2v) is 4.57. The molecule has 1 heterocycles. The Balaban J connectivity index is 2.54. The molecular formula is C13H22N2O2. The number of carbonyl (C=O) groups excluding carboxylic acids is 1. The number of hydrogen-bond acceptors (Lipinski definition) is 4. The van der Waals surface area contributed by atoms with Gasteiger partial charge >= 0.3 is 0 Å². The molecule has 4 nitrogen and oxygen atoms in total. The molecule has 0 aromatic carbocycles. The summed E-state index contributed by atoms with van der Waals surface area (Å²) < 4.78 is 5.11. The minimum Gasteiger partial charge on any atom is -0.461 e. The van der Waals surface area contributed by atoms with Crippen molar-refractivity contribution >= 4 is 5.78 Å². The van der Waals surface area contributed by atoms with Crippen LogP contribution in [0.4, 0.5) is 0 Å². The normalized spacial score (nSPS) is 13.3. The smallest absolute Gasteiger partial charge is 0.211 e. The Labute approximate surface area is 103 Å². The van der Waals surface area contributed by atoms with Gasteiger partial charge in [0, 0.05) is 12.6 Å². The van der Waals surface area contributed by atoms with Crippen LogP contribution in [-0.2, 0) is 0 Å². The number of nitrogens with zero attached hydrogens (tertiary/aromatic N) is 2. The fraction of sp³-hybridized carbons (Fsp3) is 0.615. The van der Waals surface area contributed by atoms with Gasteiger partial charge in [-0.25, -0.2) is 0 Å². The van der Waals surface area contributed by atoms with Crippen LogP contribution in [0.3, 0.4) is 0 Å². The molecule has 1 aromatic heterocycles. The van der Waals surface area contributed by atoms with E-state index in [0.29, 0.717) is 18.3 Å². The molecule has 0 saturated carbocycles. The first kappa shape index (κ1) is 13.9. The van der Waals surface area contributed by atoms with Gasteiger partial charge < -0.3 is 9.32 Å². The monoisotopic (exact) mass is 238 g/mol. The van der Waals surface area contributed by atoms with Crippen molar-refractivity contribution in [2.75, 3.05) is 33.7 Å². The van der Waals surface area contributed by atoms with E-state index in [4.69, 9.17) is 4.42 Å². The molecule has 4 heteroatoms. The van der Waals surface area contributed by atoms with E-state index >= 15 is 0 Å². The molecular weight excluding hydrogens is 216 g/mol. The van der Waals surface area contributed by atoms with Crippen molar-refractivity contribution in [3.8, 4) is 0 Å². The lowest BCUT2D eigenvalue weighted by molar-refractivity contribution is 0.0861. The molecule has 0 amide bonds. The van der Waals surface area contributed by atoms with E-state index in [9.17, 15) is 4.79 Å². The van der Waals surface area contributed by atoms with Crippen LogP contribution in [-0.4, -0.2) is 55.4 Å². The highest BCUT2D eigenvalue weighted by molar-refractivity contribution is 5.95. The van der Waals surface area contributed by atoms with Gasteiger partial charge in [-0.1, -0.05) is 6.92 Å². The quantitative estimate of drug-likeness (QED) is 0.678. The number of hydrogen-bond donors (Lipinski definition) is 0. The van der Waals surface area contributed by atoms with Crippen LogP contribution < -0.4 is 0 Å². The Morgan fingerprint density at radius 3 is 2.65 bits per heavy atom. The third-order valence-electron chi connectivity index (χ3n) is 2.80. The second-order valence-electron chi connectivity index (χ2n) is 4.57. The van der Waals surface area contributed by atoms with Crippen molar-refractivity contribution in [2.24, 2.45) is 0 Å². The highest BCUT2D eigenvalue weighted by atomic mass is 16.3. The molecule has 1 rings (SSSR count). The van der Waals surface area contributed by atoms with Crippen molar-refractivity contribution in [2.45, 2.75) is 19.9 Å². The SMILES string of the molecule is CCN(CC(=O)c1ccco1)C(C)CN(C)C. The topological polar surface area (TPSA) is 36.7 Å². The van der Waals surface area contributed by atoms with E-state index in [1.165, 1.54) is 6.26 Å². The molecule has 0 N–H and O–H groups in total. The zero-order valence-corrected chi connectivity index (χ0v) is 11.1. The largest absolute Gasteiger partial charge is 0.461 e. The van der Waals surface area contributed by atoms with Gasteiger partial charge in [-0.05, 0) is 39.7 Å². The Bertz CT molecular complexity index is 333. The Hall–Kier alpha value is -1.13. The molecule has 17 heavy (non-hydrogen) atoms. The third kappa shape index (κ3) is 4.32. The van der Waals surface area contributed by atoms with Crippen molar-refractivity contribution in [1.29, 1.82) is 0 Å². The van der Waals surface area contributed by atoms with E-state index in [-0.39, 0.29) is 5.78 Å². The standard InChI is InChI=1S/C13H22N2O2/c1-5-15(11(2)9-14(3)4)10-12(16)13-7-6-8-17-13/h6-8,11H,5,9-10H2,1-4H3. The lowest BCUT2D eigenvalue weighted by Crippen LogP contribution is -2.42. The summed E-state index contributed by atoms with van der Waals surface area (Å²) in [7, 11) is 4.08. The molecule has 0 aliphatic rings. The fourth-order valence-corrected chi connectivity index (χ4v) is 1.92. The minimum absolute atomic E-state index is 0.0439. The predicted octanol–water partition coefficient (Wildman–Crippen LogP) is 1.73. The van der Waals surface area contributed by atoms with Gasteiger partial charge in [0.1, 0.15) is 0 Å². The third-order valence-corrected chi connectivity index (χ3v) is 2.80. The maximum Gasteiger partial charge on any atom is 0.211 e. The first-order valence-corrected chi connectivity index (χ1v) is 6.00. The van der Waals surface area contributed by atoms with Crippen molar-refractivity contribution in [3.05, 3.63) is 24.2 Å². The van der Waals surface area contributed by atoms with E-state index < -0.39 is 0 Å². The maximum atomic E-state index is 11.9. The van der Waals surface area contributed by atoms with Crippen LogP contribution in [0.1, 0.15) is 24.4 Å². The van der Waals surface area contributed by atoms with Gasteiger partial charge in [0.05, 0.1) is 12.8 Å². The molecule has 96 valence electrons. The summed E-state index contributed by atoms with van der Waals surface area (Å²) in [5, 5.41) is 0. The number of furan rings is 1. The number of rotatable bonds is 7. The van der Waals surface area contributed by atoms with Crippen LogP contribution >= 0.6 is 0 Å². The number of Topliss-reactive ketones (excluding diaryl/α,β-unsaturated/α-hetero) is 1. The Morgan fingerprint density at radius 2 is 2.18 bits per heavy atom. The zero-order chi connectivity index (χ0) is 12.8. The molecule has 1 aromatic rings. The molecule has 0 spiro atoms. The van der Waals surface area contributed by atoms with Crippen molar-refractivity contribution in [3.63, 3.8) is 0 Å². The number of carbonyl (C=O) groups is 1. The van der Waals surface area contributed by atoms with Gasteiger partial charge in [-0.3, -0.25) is 9.69 Å². The van der Waals surface area contributed by atoms with Crippen molar-refractivity contribution in [1.82, 2.24) is 9.80 Å². The Kier molecular flexibility index (Phi) is 5.38. The van der Waals surface area contributed by atoms with Gasteiger partial charge in [0.2, 0.25) is 5.78 Å². The highest BCUT2D eigenvalue weighted by Crippen LogP contribution is 2.06. The van der Waals surface area contributed by atoms with Gasteiger partial charge in [0.25, 0.3) is 0 Å². The summed E-state index contributed by atoms with van der Waals surface area (Å²) in [4.78, 5) is 16.2. The van der Waals surface area contributed by atoms with E-state index in [1.807, 2.05) is 14.1 Å². The van der Waals surface area contributed by atoms with Gasteiger partial charge in [-0.2, -0.15) is 0 Å². The first-order valence-electron chi connectivity index (χ1n) is 6.00. The summed E-state index contributed by atoms with van der Waals surface area (Å²) >= 11 is 0. The summed E-state index contributed by atoms with van der Waals surface area (Å²) in [5.74, 6) is 0.489. The molecule has 0 fully saturated rings. The molecule has 0 radical (unpaired) electrons. The van der Waals surface area contributed by atoms with Crippen LogP contribution in [0.25, 0.3) is 0 Å². The summed E-state index contributed by atoms with van der Waals surface area (Å²) in [6.45, 7) is 6.43. The van der Waals surface area contributed by atoms with Crippen molar-refractivity contribution < 1.29 is 9.21 Å². The summed E-state index contributed by atoms with van der Waals surface area (Å²) in [6, 6.07) is 3.81. The second kappa shape index (κ2) is 6.57.